The van der Waals surface area contributed by atoms with E-state index in [2.05, 4.69) is 0 Å². The molecule has 0 fully saturated rings. The van der Waals surface area contributed by atoms with Crippen LogP contribution in [-0.4, -0.2) is 79.7 Å². The topological polar surface area (TPSA) is 182 Å². The Morgan fingerprint density at radius 3 is 2.33 bits per heavy atom. The van der Waals surface area contributed by atoms with E-state index in [-0.39, 0.29) is 5.56 Å². The number of phenolic OH excluding ortho intramolecular Hbond substituents is 1. The summed E-state index contributed by atoms with van der Waals surface area (Å²) in [5, 5.41) is 59.2. The van der Waals surface area contributed by atoms with Gasteiger partial charge in [-0.25, -0.2) is 0 Å². The third kappa shape index (κ3) is 3.59. The summed E-state index contributed by atoms with van der Waals surface area (Å²) in [5.41, 5.74) is 2.08. The molecule has 214 valence electrons. The number of Topliss-reactive ketones (excluding diaryl/α,β-unsaturated/α-hetero) is 2. The first-order valence-corrected chi connectivity index (χ1v) is 13.2. The number of hydrogen-bond donors (Lipinski definition) is 6. The summed E-state index contributed by atoms with van der Waals surface area (Å²) in [7, 11) is 2.98. The first kappa shape index (κ1) is 27.4. The van der Waals surface area contributed by atoms with Crippen LogP contribution in [-0.2, 0) is 9.59 Å². The highest BCUT2D eigenvalue weighted by Crippen LogP contribution is 2.55. The number of benzene rings is 3. The van der Waals surface area contributed by atoms with Crippen molar-refractivity contribution in [1.29, 1.82) is 0 Å². The first-order valence-electron chi connectivity index (χ1n) is 13.2. The van der Waals surface area contributed by atoms with Gasteiger partial charge in [-0.15, -0.1) is 0 Å². The van der Waals surface area contributed by atoms with Crippen LogP contribution in [0.25, 0.3) is 22.4 Å². The molecule has 3 aliphatic carbocycles. The molecule has 6 rings (SSSR count). The molecular formula is C32H28N2O8. The number of carbonyl (C=O) groups excluding carboxylic acids is 3. The molecule has 0 bridgehead atoms. The van der Waals surface area contributed by atoms with Gasteiger partial charge in [-0.3, -0.25) is 19.3 Å². The lowest BCUT2D eigenvalue weighted by Crippen LogP contribution is -2.68. The van der Waals surface area contributed by atoms with Crippen LogP contribution in [0.4, 0.5) is 0 Å². The monoisotopic (exact) mass is 568 g/mol. The van der Waals surface area contributed by atoms with E-state index in [4.69, 9.17) is 5.73 Å². The van der Waals surface area contributed by atoms with Gasteiger partial charge in [0.2, 0.25) is 5.78 Å². The molecule has 7 N–H and O–H groups in total. The standard InChI is InChI=1S/C32H28N2O8/c1-34(2)25-24-27(37)21-18(13-14-10-11-15-6-3-4-7-16(15)12-14)17-8-5-9-19(35)20(17)26(36)22(21)29(39)32(24,42)30(40)23(28(25)38)31(33)41/h3-13,21,24-25,27,35,37-39,42H,1-2H3,(H2,33,41)/b18-13+/t21-,24-,25+,27-,32-/m0/s1. The number of phenols is 1. The van der Waals surface area contributed by atoms with Crippen LogP contribution in [0.3, 0.4) is 0 Å². The van der Waals surface area contributed by atoms with Crippen molar-refractivity contribution >= 4 is 39.9 Å². The number of fused-ring (bicyclic) bond motifs is 4. The van der Waals surface area contributed by atoms with Gasteiger partial charge in [0.15, 0.2) is 11.4 Å². The number of nitrogens with two attached hydrogens (primary N) is 1. The highest BCUT2D eigenvalue weighted by atomic mass is 16.4. The zero-order valence-corrected chi connectivity index (χ0v) is 22.6. The molecule has 0 radical (unpaired) electrons. The normalized spacial score (nSPS) is 28.3. The second-order valence-electron chi connectivity index (χ2n) is 11.1. The number of primary amides is 1. The fourth-order valence-electron chi connectivity index (χ4n) is 6.79. The molecule has 0 heterocycles. The summed E-state index contributed by atoms with van der Waals surface area (Å²) >= 11 is 0. The first-order chi connectivity index (χ1) is 19.9. The van der Waals surface area contributed by atoms with E-state index in [9.17, 15) is 39.9 Å². The molecule has 0 unspecified atom stereocenters. The molecule has 0 aromatic heterocycles. The molecule has 3 aromatic carbocycles. The summed E-state index contributed by atoms with van der Waals surface area (Å²) < 4.78 is 0. The molecular weight excluding hydrogens is 540 g/mol. The number of carbonyl (C=O) groups is 3. The average Bonchev–Trinajstić information content (AvgIpc) is 2.94. The van der Waals surface area contributed by atoms with Crippen LogP contribution in [0.15, 0.2) is 83.3 Å². The Balaban J connectivity index is 1.67. The fraction of sp³-hybridized carbons (Fsp3) is 0.219. The van der Waals surface area contributed by atoms with Gasteiger partial charge >= 0.3 is 0 Å². The van der Waals surface area contributed by atoms with Crippen molar-refractivity contribution in [3.63, 3.8) is 0 Å². The number of hydrogen-bond acceptors (Lipinski definition) is 9. The SMILES string of the molecule is CN(C)[C@H]1C(O)=C(C(N)=O)C(=O)[C@@]2(O)C(O)=C3C(=O)c4c(O)cccc4/C(=C\c4ccc5ccccc5c4)[C@@H]3[C@H](O)[C@H]12. The third-order valence-corrected chi connectivity index (χ3v) is 8.63. The Labute approximate surface area is 239 Å². The van der Waals surface area contributed by atoms with E-state index in [1.165, 1.54) is 31.1 Å². The lowest BCUT2D eigenvalue weighted by Gasteiger charge is -2.52. The van der Waals surface area contributed by atoms with E-state index in [1.807, 2.05) is 42.5 Å². The Kier molecular flexibility index (Phi) is 6.12. The van der Waals surface area contributed by atoms with Crippen molar-refractivity contribution in [3.05, 3.63) is 100 Å². The van der Waals surface area contributed by atoms with E-state index in [0.29, 0.717) is 16.7 Å². The molecule has 0 spiro atoms. The summed E-state index contributed by atoms with van der Waals surface area (Å²) in [5.74, 6) is -8.83. The van der Waals surface area contributed by atoms with Crippen LogP contribution >= 0.6 is 0 Å². The summed E-state index contributed by atoms with van der Waals surface area (Å²) in [6.07, 6.45) is -0.0253. The molecule has 3 aliphatic rings. The molecule has 3 aromatic rings. The van der Waals surface area contributed by atoms with Gasteiger partial charge in [0.25, 0.3) is 5.91 Å². The van der Waals surface area contributed by atoms with Gasteiger partial charge in [-0.05, 0) is 53.7 Å². The molecule has 0 saturated carbocycles. The minimum Gasteiger partial charge on any atom is -0.510 e. The molecule has 1 amide bonds. The second-order valence-corrected chi connectivity index (χ2v) is 11.1. The smallest absolute Gasteiger partial charge is 0.255 e. The minimum atomic E-state index is -2.98. The fourth-order valence-corrected chi connectivity index (χ4v) is 6.79. The Hall–Kier alpha value is -4.77. The summed E-state index contributed by atoms with van der Waals surface area (Å²) in [4.78, 5) is 41.1. The van der Waals surface area contributed by atoms with Crippen molar-refractivity contribution < 1.29 is 39.9 Å². The van der Waals surface area contributed by atoms with Crippen LogP contribution in [0.5, 0.6) is 5.75 Å². The molecule has 5 atom stereocenters. The number of amides is 1. The maximum Gasteiger partial charge on any atom is 0.255 e. The lowest BCUT2D eigenvalue weighted by atomic mass is 9.56. The van der Waals surface area contributed by atoms with Crippen LogP contribution < -0.4 is 5.73 Å². The third-order valence-electron chi connectivity index (χ3n) is 8.63. The number of aliphatic hydroxyl groups is 4. The van der Waals surface area contributed by atoms with Crippen LogP contribution in [0.2, 0.25) is 0 Å². The Morgan fingerprint density at radius 1 is 0.976 bits per heavy atom. The second kappa shape index (κ2) is 9.38. The zero-order chi connectivity index (χ0) is 30.2. The maximum atomic E-state index is 13.9. The highest BCUT2D eigenvalue weighted by molar-refractivity contribution is 6.25. The molecule has 10 heteroatoms. The van der Waals surface area contributed by atoms with E-state index >= 15 is 0 Å². The minimum absolute atomic E-state index is 0.183. The van der Waals surface area contributed by atoms with Crippen molar-refractivity contribution in [1.82, 2.24) is 4.90 Å². The van der Waals surface area contributed by atoms with Gasteiger partial charge in [0, 0.05) is 5.92 Å². The lowest BCUT2D eigenvalue weighted by molar-refractivity contribution is -0.159. The summed E-state index contributed by atoms with van der Waals surface area (Å²) in [6.45, 7) is 0. The zero-order valence-electron chi connectivity index (χ0n) is 22.6. The molecule has 0 saturated heterocycles. The van der Waals surface area contributed by atoms with Gasteiger partial charge < -0.3 is 31.3 Å². The number of rotatable bonds is 3. The number of likely N-dealkylation sites (N-methyl/N-ethyl adjacent to an activating group) is 1. The number of nitrogens with zero attached hydrogens (tertiary/aromatic N) is 1. The van der Waals surface area contributed by atoms with Gasteiger partial charge in [-0.1, -0.05) is 54.6 Å². The van der Waals surface area contributed by atoms with Crippen molar-refractivity contribution in [2.24, 2.45) is 17.6 Å². The number of ketones is 2. The molecule has 0 aliphatic heterocycles. The summed E-state index contributed by atoms with van der Waals surface area (Å²) in [6, 6.07) is 16.4. The predicted molar refractivity (Wildman–Crippen MR) is 153 cm³/mol. The highest BCUT2D eigenvalue weighted by Gasteiger charge is 2.67. The van der Waals surface area contributed by atoms with Gasteiger partial charge in [0.1, 0.15) is 22.8 Å². The number of aromatic hydroxyl groups is 1. The van der Waals surface area contributed by atoms with E-state index < -0.39 is 75.5 Å². The van der Waals surface area contributed by atoms with Gasteiger partial charge in [-0.2, -0.15) is 0 Å². The van der Waals surface area contributed by atoms with Crippen LogP contribution in [0, 0.1) is 11.8 Å². The van der Waals surface area contributed by atoms with Gasteiger partial charge in [0.05, 0.1) is 29.2 Å². The van der Waals surface area contributed by atoms with Crippen molar-refractivity contribution in [3.8, 4) is 5.75 Å². The quantitative estimate of drug-likeness (QED) is 0.258. The Bertz CT molecular complexity index is 1820. The largest absolute Gasteiger partial charge is 0.510 e. The van der Waals surface area contributed by atoms with E-state index in [0.717, 1.165) is 10.8 Å². The average molecular weight is 569 g/mol. The van der Waals surface area contributed by atoms with Crippen molar-refractivity contribution in [2.75, 3.05) is 14.1 Å². The predicted octanol–water partition coefficient (Wildman–Crippen LogP) is 2.24. The Morgan fingerprint density at radius 2 is 1.67 bits per heavy atom. The van der Waals surface area contributed by atoms with Crippen molar-refractivity contribution in [2.45, 2.75) is 17.7 Å². The molecule has 42 heavy (non-hydrogen) atoms. The maximum absolute atomic E-state index is 13.9. The number of aliphatic hydroxyl groups excluding tert-OH is 3. The van der Waals surface area contributed by atoms with E-state index in [1.54, 1.807) is 12.1 Å². The molecule has 10 nitrogen and oxygen atoms in total. The van der Waals surface area contributed by atoms with Crippen LogP contribution in [0.1, 0.15) is 21.5 Å².